The molecule has 0 saturated carbocycles. The van der Waals surface area contributed by atoms with Crippen molar-refractivity contribution in [2.24, 2.45) is 11.5 Å². The molecule has 0 rings (SSSR count). The van der Waals surface area contributed by atoms with Gasteiger partial charge in [0, 0.05) is 5.54 Å². The van der Waals surface area contributed by atoms with E-state index in [1.165, 1.54) is 0 Å². The van der Waals surface area contributed by atoms with Crippen molar-refractivity contribution >= 4 is 0 Å². The number of hydrogen-bond acceptors (Lipinski definition) is 3. The Bertz CT molecular complexity index is 259. The molecule has 14 heavy (non-hydrogen) atoms. The fraction of sp³-hybridized carbons (Fsp3) is 0.455. The van der Waals surface area contributed by atoms with E-state index in [1.54, 1.807) is 6.08 Å². The van der Waals surface area contributed by atoms with E-state index in [0.717, 1.165) is 0 Å². The van der Waals surface area contributed by atoms with Crippen molar-refractivity contribution in [2.75, 3.05) is 6.61 Å². The van der Waals surface area contributed by atoms with Gasteiger partial charge in [0.05, 0.1) is 12.3 Å². The third-order valence-corrected chi connectivity index (χ3v) is 1.85. The Morgan fingerprint density at radius 3 is 2.29 bits per heavy atom. The summed E-state index contributed by atoms with van der Waals surface area (Å²) < 4.78 is 5.29. The molecule has 0 amide bonds. The summed E-state index contributed by atoms with van der Waals surface area (Å²) in [4.78, 5) is 0. The molecule has 0 bridgehead atoms. The van der Waals surface area contributed by atoms with Crippen molar-refractivity contribution in [1.29, 1.82) is 0 Å². The Morgan fingerprint density at radius 2 is 2.00 bits per heavy atom. The zero-order chi connectivity index (χ0) is 11.4. The first kappa shape index (κ1) is 12.8. The second-order valence-corrected chi connectivity index (χ2v) is 3.62. The lowest BCUT2D eigenvalue weighted by Gasteiger charge is -2.23. The van der Waals surface area contributed by atoms with Crippen LogP contribution in [0.4, 0.5) is 0 Å². The van der Waals surface area contributed by atoms with E-state index in [-0.39, 0.29) is 0 Å². The van der Waals surface area contributed by atoms with Crippen molar-refractivity contribution in [3.63, 3.8) is 0 Å². The van der Waals surface area contributed by atoms with Gasteiger partial charge in [-0.25, -0.2) is 0 Å². The molecule has 0 atom stereocenters. The van der Waals surface area contributed by atoms with Gasteiger partial charge in [0.2, 0.25) is 0 Å². The zero-order valence-corrected chi connectivity index (χ0v) is 9.26. The van der Waals surface area contributed by atoms with Crippen LogP contribution in [0.25, 0.3) is 0 Å². The highest BCUT2D eigenvalue weighted by Gasteiger charge is 2.19. The quantitative estimate of drug-likeness (QED) is 0.519. The zero-order valence-electron chi connectivity index (χ0n) is 9.26. The maximum Gasteiger partial charge on any atom is 0.141 e. The summed E-state index contributed by atoms with van der Waals surface area (Å²) in [6.45, 7) is 13.6. The smallest absolute Gasteiger partial charge is 0.141 e. The molecule has 0 aromatic rings. The SMILES string of the molecule is C=C/C(OCC)=C(/N)C(=C)C(C)(C)N. The average molecular weight is 196 g/mol. The minimum atomic E-state index is -0.546. The Kier molecular flexibility index (Phi) is 4.44. The minimum absolute atomic E-state index is 0.467. The highest BCUT2D eigenvalue weighted by molar-refractivity contribution is 5.38. The molecule has 0 radical (unpaired) electrons. The van der Waals surface area contributed by atoms with Crippen molar-refractivity contribution < 1.29 is 4.74 Å². The predicted molar refractivity (Wildman–Crippen MR) is 60.4 cm³/mol. The van der Waals surface area contributed by atoms with Crippen LogP contribution in [-0.4, -0.2) is 12.1 Å². The number of ether oxygens (including phenoxy) is 1. The maximum absolute atomic E-state index is 5.86. The van der Waals surface area contributed by atoms with Gasteiger partial charge >= 0.3 is 0 Å². The molecule has 0 aliphatic rings. The normalized spacial score (nSPS) is 13.1. The summed E-state index contributed by atoms with van der Waals surface area (Å²) >= 11 is 0. The average Bonchev–Trinajstić information content (AvgIpc) is 2.10. The van der Waals surface area contributed by atoms with Crippen LogP contribution in [0.3, 0.4) is 0 Å². The predicted octanol–water partition coefficient (Wildman–Crippen LogP) is 1.67. The van der Waals surface area contributed by atoms with Gasteiger partial charge in [0.25, 0.3) is 0 Å². The van der Waals surface area contributed by atoms with Gasteiger partial charge < -0.3 is 16.2 Å². The summed E-state index contributed by atoms with van der Waals surface area (Å²) in [5, 5.41) is 0. The molecule has 4 N–H and O–H groups in total. The molecular weight excluding hydrogens is 176 g/mol. The largest absolute Gasteiger partial charge is 0.492 e. The molecular formula is C11H20N2O. The van der Waals surface area contributed by atoms with E-state index in [4.69, 9.17) is 16.2 Å². The van der Waals surface area contributed by atoms with E-state index < -0.39 is 5.54 Å². The first-order valence-electron chi connectivity index (χ1n) is 4.58. The second-order valence-electron chi connectivity index (χ2n) is 3.62. The Morgan fingerprint density at radius 1 is 1.50 bits per heavy atom. The van der Waals surface area contributed by atoms with Crippen molar-refractivity contribution in [3.8, 4) is 0 Å². The van der Waals surface area contributed by atoms with E-state index in [1.807, 2.05) is 20.8 Å². The van der Waals surface area contributed by atoms with E-state index in [2.05, 4.69) is 13.2 Å². The molecule has 0 unspecified atom stereocenters. The third-order valence-electron chi connectivity index (χ3n) is 1.85. The lowest BCUT2D eigenvalue weighted by Crippen LogP contribution is -2.36. The Labute approximate surface area is 86.1 Å². The second kappa shape index (κ2) is 4.86. The molecule has 0 spiro atoms. The first-order valence-corrected chi connectivity index (χ1v) is 4.58. The lowest BCUT2D eigenvalue weighted by atomic mass is 9.94. The van der Waals surface area contributed by atoms with E-state index in [0.29, 0.717) is 23.6 Å². The number of allylic oxidation sites excluding steroid dienone is 1. The van der Waals surface area contributed by atoms with Gasteiger partial charge in [-0.1, -0.05) is 13.2 Å². The van der Waals surface area contributed by atoms with Gasteiger partial charge in [-0.3, -0.25) is 0 Å². The highest BCUT2D eigenvalue weighted by Crippen LogP contribution is 2.19. The van der Waals surface area contributed by atoms with Crippen LogP contribution in [0.15, 0.2) is 36.3 Å². The van der Waals surface area contributed by atoms with Gasteiger partial charge in [-0.15, -0.1) is 0 Å². The molecule has 0 aromatic carbocycles. The lowest BCUT2D eigenvalue weighted by molar-refractivity contribution is 0.238. The first-order chi connectivity index (χ1) is 6.34. The van der Waals surface area contributed by atoms with Crippen molar-refractivity contribution in [3.05, 3.63) is 36.3 Å². The Balaban J connectivity index is 4.96. The van der Waals surface area contributed by atoms with Crippen LogP contribution >= 0.6 is 0 Å². The fourth-order valence-electron chi connectivity index (χ4n) is 0.898. The summed E-state index contributed by atoms with van der Waals surface area (Å²) in [6.07, 6.45) is 1.57. The van der Waals surface area contributed by atoms with Crippen molar-refractivity contribution in [2.45, 2.75) is 26.3 Å². The molecule has 0 aliphatic carbocycles. The third kappa shape index (κ3) is 3.26. The molecule has 0 heterocycles. The molecule has 3 nitrogen and oxygen atoms in total. The van der Waals surface area contributed by atoms with Crippen LogP contribution < -0.4 is 11.5 Å². The van der Waals surface area contributed by atoms with Crippen LogP contribution in [-0.2, 0) is 4.74 Å². The topological polar surface area (TPSA) is 61.3 Å². The molecule has 0 saturated heterocycles. The molecule has 3 heteroatoms. The van der Waals surface area contributed by atoms with Gasteiger partial charge in [0.15, 0.2) is 0 Å². The van der Waals surface area contributed by atoms with Crippen LogP contribution in [0, 0.1) is 0 Å². The van der Waals surface area contributed by atoms with Crippen LogP contribution in [0.2, 0.25) is 0 Å². The van der Waals surface area contributed by atoms with E-state index >= 15 is 0 Å². The number of nitrogens with two attached hydrogens (primary N) is 2. The number of hydrogen-bond donors (Lipinski definition) is 2. The van der Waals surface area contributed by atoms with Gasteiger partial charge in [-0.05, 0) is 32.4 Å². The highest BCUT2D eigenvalue weighted by atomic mass is 16.5. The standard InChI is InChI=1S/C11H20N2O/c1-6-9(14-7-2)10(12)8(3)11(4,5)13/h6H,1,3,7,12-13H2,2,4-5H3/b10-9-. The molecule has 0 fully saturated rings. The van der Waals surface area contributed by atoms with Gasteiger partial charge in [-0.2, -0.15) is 0 Å². The molecule has 0 aromatic heterocycles. The summed E-state index contributed by atoms with van der Waals surface area (Å²) in [6, 6.07) is 0. The summed E-state index contributed by atoms with van der Waals surface area (Å²) in [7, 11) is 0. The Hall–Kier alpha value is -1.22. The minimum Gasteiger partial charge on any atom is -0.492 e. The van der Waals surface area contributed by atoms with Crippen LogP contribution in [0.5, 0.6) is 0 Å². The van der Waals surface area contributed by atoms with Crippen molar-refractivity contribution in [1.82, 2.24) is 0 Å². The van der Waals surface area contributed by atoms with E-state index in [9.17, 15) is 0 Å². The molecule has 80 valence electrons. The monoisotopic (exact) mass is 196 g/mol. The summed E-state index contributed by atoms with van der Waals surface area (Å²) in [5.74, 6) is 0.538. The summed E-state index contributed by atoms with van der Waals surface area (Å²) in [5.41, 5.74) is 12.3. The van der Waals surface area contributed by atoms with Gasteiger partial charge in [0.1, 0.15) is 5.76 Å². The molecule has 0 aliphatic heterocycles. The maximum atomic E-state index is 5.86. The van der Waals surface area contributed by atoms with Crippen LogP contribution in [0.1, 0.15) is 20.8 Å². The fourth-order valence-corrected chi connectivity index (χ4v) is 0.898. The number of rotatable bonds is 5.